The predicted octanol–water partition coefficient (Wildman–Crippen LogP) is 2.11. The van der Waals surface area contributed by atoms with Gasteiger partial charge in [0.25, 0.3) is 0 Å². The van der Waals surface area contributed by atoms with E-state index in [0.29, 0.717) is 19.8 Å². The average molecular weight is 250 g/mol. The average Bonchev–Trinajstić information content (AvgIpc) is 2.39. The van der Waals surface area contributed by atoms with Crippen molar-refractivity contribution in [3.8, 4) is 5.75 Å². The number of aryl methyl sites for hydroxylation is 1. The van der Waals surface area contributed by atoms with Gasteiger partial charge in [-0.2, -0.15) is 0 Å². The first-order valence-corrected chi connectivity index (χ1v) is 6.21. The van der Waals surface area contributed by atoms with Gasteiger partial charge in [-0.3, -0.25) is 0 Å². The van der Waals surface area contributed by atoms with Gasteiger partial charge in [0, 0.05) is 5.41 Å². The molecule has 3 fully saturated rings. The highest BCUT2D eigenvalue weighted by Gasteiger charge is 2.51. The maximum atomic E-state index is 5.70. The normalized spacial score (nSPS) is 34.6. The first-order chi connectivity index (χ1) is 8.59. The van der Waals surface area contributed by atoms with Gasteiger partial charge in [-0.05, 0) is 24.6 Å². The SMILES string of the molecule is Cc1cccc(OCC23OCC(C)(CO2)CO3)c1. The third-order valence-corrected chi connectivity index (χ3v) is 3.33. The van der Waals surface area contributed by atoms with Gasteiger partial charge in [0.05, 0.1) is 19.8 Å². The summed E-state index contributed by atoms with van der Waals surface area (Å²) >= 11 is 0. The number of benzene rings is 1. The van der Waals surface area contributed by atoms with Gasteiger partial charge in [-0.15, -0.1) is 0 Å². The second-order valence-corrected chi connectivity index (χ2v) is 5.46. The molecule has 98 valence electrons. The second-order valence-electron chi connectivity index (χ2n) is 5.46. The third kappa shape index (κ3) is 2.23. The van der Waals surface area contributed by atoms with Crippen LogP contribution in [-0.4, -0.2) is 32.4 Å². The predicted molar refractivity (Wildman–Crippen MR) is 65.4 cm³/mol. The van der Waals surface area contributed by atoms with E-state index in [1.54, 1.807) is 0 Å². The number of ether oxygens (including phenoxy) is 4. The molecule has 3 saturated heterocycles. The molecule has 0 atom stereocenters. The second kappa shape index (κ2) is 4.23. The van der Waals surface area contributed by atoms with Gasteiger partial charge >= 0.3 is 5.97 Å². The Labute approximate surface area is 107 Å². The summed E-state index contributed by atoms with van der Waals surface area (Å²) in [6, 6.07) is 7.89. The zero-order chi connectivity index (χ0) is 12.6. The molecule has 1 aromatic rings. The van der Waals surface area contributed by atoms with E-state index in [2.05, 4.69) is 6.92 Å². The standard InChI is InChI=1S/C14H18O4/c1-11-4-3-5-12(6-11)15-10-14-16-7-13(2,8-17-14)9-18-14/h3-6H,7-10H2,1-2H3. The summed E-state index contributed by atoms with van der Waals surface area (Å²) in [4.78, 5) is 0. The molecule has 1 aromatic carbocycles. The summed E-state index contributed by atoms with van der Waals surface area (Å²) in [5.41, 5.74) is 1.15. The molecule has 0 N–H and O–H groups in total. The van der Waals surface area contributed by atoms with Gasteiger partial charge in [0.2, 0.25) is 0 Å². The highest BCUT2D eigenvalue weighted by molar-refractivity contribution is 5.27. The van der Waals surface area contributed by atoms with Crippen LogP contribution in [0.3, 0.4) is 0 Å². The van der Waals surface area contributed by atoms with Crippen LogP contribution in [0.25, 0.3) is 0 Å². The van der Waals surface area contributed by atoms with Crippen molar-refractivity contribution in [1.82, 2.24) is 0 Å². The highest BCUT2D eigenvalue weighted by atomic mass is 16.9. The third-order valence-electron chi connectivity index (χ3n) is 3.33. The van der Waals surface area contributed by atoms with Crippen molar-refractivity contribution in [2.75, 3.05) is 26.4 Å². The van der Waals surface area contributed by atoms with E-state index in [-0.39, 0.29) is 12.0 Å². The van der Waals surface area contributed by atoms with Crippen molar-refractivity contribution in [3.05, 3.63) is 29.8 Å². The van der Waals surface area contributed by atoms with E-state index in [1.807, 2.05) is 31.2 Å². The molecule has 3 aliphatic rings. The lowest BCUT2D eigenvalue weighted by Gasteiger charge is -2.49. The Morgan fingerprint density at radius 2 is 1.83 bits per heavy atom. The lowest BCUT2D eigenvalue weighted by molar-refractivity contribution is -0.470. The Morgan fingerprint density at radius 3 is 2.44 bits per heavy atom. The fourth-order valence-electron chi connectivity index (χ4n) is 2.10. The fraction of sp³-hybridized carbons (Fsp3) is 0.571. The highest BCUT2D eigenvalue weighted by Crippen LogP contribution is 2.38. The lowest BCUT2D eigenvalue weighted by atomic mass is 9.92. The van der Waals surface area contributed by atoms with E-state index < -0.39 is 5.97 Å². The van der Waals surface area contributed by atoms with Crippen molar-refractivity contribution < 1.29 is 18.9 Å². The van der Waals surface area contributed by atoms with Crippen LogP contribution in [0.4, 0.5) is 0 Å². The summed E-state index contributed by atoms with van der Waals surface area (Å²) in [5, 5.41) is 0. The zero-order valence-corrected chi connectivity index (χ0v) is 10.8. The number of hydrogen-bond donors (Lipinski definition) is 0. The topological polar surface area (TPSA) is 36.9 Å². The van der Waals surface area contributed by atoms with Gasteiger partial charge < -0.3 is 18.9 Å². The summed E-state index contributed by atoms with van der Waals surface area (Å²) in [6.07, 6.45) is 0. The van der Waals surface area contributed by atoms with E-state index in [9.17, 15) is 0 Å². The Morgan fingerprint density at radius 1 is 1.17 bits per heavy atom. The molecule has 0 spiro atoms. The molecule has 4 nitrogen and oxygen atoms in total. The first kappa shape index (κ1) is 12.0. The molecule has 0 saturated carbocycles. The van der Waals surface area contributed by atoms with E-state index in [0.717, 1.165) is 11.3 Å². The van der Waals surface area contributed by atoms with Crippen LogP contribution < -0.4 is 4.74 Å². The van der Waals surface area contributed by atoms with Crippen molar-refractivity contribution in [1.29, 1.82) is 0 Å². The van der Waals surface area contributed by atoms with Gasteiger partial charge in [-0.25, -0.2) is 0 Å². The van der Waals surface area contributed by atoms with E-state index >= 15 is 0 Å². The van der Waals surface area contributed by atoms with Gasteiger partial charge in [0.1, 0.15) is 5.75 Å². The molecule has 4 rings (SSSR count). The molecule has 0 radical (unpaired) electrons. The summed E-state index contributed by atoms with van der Waals surface area (Å²) < 4.78 is 22.7. The molecule has 3 aliphatic heterocycles. The molecule has 0 aromatic heterocycles. The molecule has 2 bridgehead atoms. The van der Waals surface area contributed by atoms with Crippen molar-refractivity contribution in [3.63, 3.8) is 0 Å². The van der Waals surface area contributed by atoms with Crippen LogP contribution in [0, 0.1) is 12.3 Å². The first-order valence-electron chi connectivity index (χ1n) is 6.21. The van der Waals surface area contributed by atoms with Crippen molar-refractivity contribution >= 4 is 0 Å². The Bertz CT molecular complexity index is 419. The number of fused-ring (bicyclic) bond motifs is 3. The van der Waals surface area contributed by atoms with Crippen LogP contribution in [0.15, 0.2) is 24.3 Å². The summed E-state index contributed by atoms with van der Waals surface area (Å²) in [5.74, 6) is -0.208. The minimum atomic E-state index is -1.01. The number of rotatable bonds is 3. The molecular weight excluding hydrogens is 232 g/mol. The Hall–Kier alpha value is -1.10. The van der Waals surface area contributed by atoms with Crippen LogP contribution in [0.1, 0.15) is 12.5 Å². The molecule has 4 heteroatoms. The molecular formula is C14H18O4. The molecule has 3 heterocycles. The quantitative estimate of drug-likeness (QED) is 0.823. The minimum Gasteiger partial charge on any atom is -0.485 e. The number of hydrogen-bond acceptors (Lipinski definition) is 4. The van der Waals surface area contributed by atoms with Crippen LogP contribution in [0.5, 0.6) is 5.75 Å². The molecule has 0 aliphatic carbocycles. The monoisotopic (exact) mass is 250 g/mol. The minimum absolute atomic E-state index is 0.00884. The maximum Gasteiger partial charge on any atom is 0.319 e. The Kier molecular flexibility index (Phi) is 2.81. The van der Waals surface area contributed by atoms with Gasteiger partial charge in [0.15, 0.2) is 6.61 Å². The van der Waals surface area contributed by atoms with Gasteiger partial charge in [-0.1, -0.05) is 19.1 Å². The largest absolute Gasteiger partial charge is 0.485 e. The smallest absolute Gasteiger partial charge is 0.319 e. The molecule has 0 unspecified atom stereocenters. The van der Waals surface area contributed by atoms with Crippen LogP contribution >= 0.6 is 0 Å². The molecule has 18 heavy (non-hydrogen) atoms. The van der Waals surface area contributed by atoms with E-state index in [1.165, 1.54) is 0 Å². The van der Waals surface area contributed by atoms with Crippen molar-refractivity contribution in [2.24, 2.45) is 5.41 Å². The maximum absolute atomic E-state index is 5.70. The zero-order valence-electron chi connectivity index (χ0n) is 10.8. The van der Waals surface area contributed by atoms with E-state index in [4.69, 9.17) is 18.9 Å². The fourth-order valence-corrected chi connectivity index (χ4v) is 2.10. The lowest BCUT2D eigenvalue weighted by Crippen LogP contribution is -2.61. The Balaban J connectivity index is 1.64. The summed E-state index contributed by atoms with van der Waals surface area (Å²) in [6.45, 7) is 6.35. The molecule has 0 amide bonds. The summed E-state index contributed by atoms with van der Waals surface area (Å²) in [7, 11) is 0. The van der Waals surface area contributed by atoms with Crippen molar-refractivity contribution in [2.45, 2.75) is 19.8 Å². The van der Waals surface area contributed by atoms with Crippen LogP contribution in [0.2, 0.25) is 0 Å². The van der Waals surface area contributed by atoms with Crippen LogP contribution in [-0.2, 0) is 14.2 Å².